The van der Waals surface area contributed by atoms with Crippen LogP contribution in [0.15, 0.2) is 39.6 Å². The molecule has 0 saturated carbocycles. The Labute approximate surface area is 94.0 Å². The van der Waals surface area contributed by atoms with E-state index in [2.05, 4.69) is 30.1 Å². The van der Waals surface area contributed by atoms with E-state index in [-0.39, 0.29) is 11.3 Å². The fourth-order valence-corrected chi connectivity index (χ4v) is 1.17. The molecule has 10 nitrogen and oxygen atoms in total. The zero-order chi connectivity index (χ0) is 12.7. The van der Waals surface area contributed by atoms with Crippen molar-refractivity contribution in [2.45, 2.75) is 5.79 Å². The Balaban J connectivity index is 3.63. The van der Waals surface area contributed by atoms with Crippen molar-refractivity contribution in [1.29, 1.82) is 0 Å². The van der Waals surface area contributed by atoms with Gasteiger partial charge in [-0.1, -0.05) is 33.5 Å². The lowest BCUT2D eigenvalue weighted by Gasteiger charge is -2.18. The zero-order valence-corrected chi connectivity index (χ0v) is 8.28. The molecule has 0 unspecified atom stereocenters. The first-order valence-electron chi connectivity index (χ1n) is 4.17. The minimum atomic E-state index is -2.19. The molecular formula is C7H5N9O. The third-order valence-corrected chi connectivity index (χ3v) is 1.82. The minimum absolute atomic E-state index is 0.103. The second kappa shape index (κ2) is 5.15. The van der Waals surface area contributed by atoms with Crippen molar-refractivity contribution >= 4 is 0 Å². The Kier molecular flexibility index (Phi) is 3.64. The summed E-state index contributed by atoms with van der Waals surface area (Å²) >= 11 is 0. The molecule has 1 aromatic carbocycles. The van der Waals surface area contributed by atoms with Crippen LogP contribution in [-0.2, 0) is 5.79 Å². The van der Waals surface area contributed by atoms with Gasteiger partial charge in [0.2, 0.25) is 5.79 Å². The van der Waals surface area contributed by atoms with Crippen molar-refractivity contribution in [2.75, 3.05) is 0 Å². The van der Waals surface area contributed by atoms with E-state index < -0.39 is 5.79 Å². The lowest BCUT2D eigenvalue weighted by atomic mass is 10.1. The fraction of sp³-hybridized carbons (Fsp3) is 0.143. The van der Waals surface area contributed by atoms with E-state index in [9.17, 15) is 5.11 Å². The second-order valence-corrected chi connectivity index (χ2v) is 2.72. The van der Waals surface area contributed by atoms with Gasteiger partial charge < -0.3 is 5.11 Å². The molecule has 10 heteroatoms. The highest BCUT2D eigenvalue weighted by Crippen LogP contribution is 2.35. The molecule has 0 radical (unpaired) electrons. The van der Waals surface area contributed by atoms with Gasteiger partial charge in [-0.3, -0.25) is 0 Å². The van der Waals surface area contributed by atoms with Gasteiger partial charge in [-0.15, -0.1) is 0 Å². The largest absolute Gasteiger partial charge is 0.508 e. The van der Waals surface area contributed by atoms with Crippen LogP contribution in [0.25, 0.3) is 31.3 Å². The maximum Gasteiger partial charge on any atom is 0.233 e. The summed E-state index contributed by atoms with van der Waals surface area (Å²) in [6.07, 6.45) is 0. The maximum absolute atomic E-state index is 9.58. The Bertz CT molecular complexity index is 517. The van der Waals surface area contributed by atoms with E-state index >= 15 is 0 Å². The van der Waals surface area contributed by atoms with Crippen LogP contribution in [0.4, 0.5) is 0 Å². The van der Waals surface area contributed by atoms with Crippen molar-refractivity contribution in [3.05, 3.63) is 61.2 Å². The summed E-state index contributed by atoms with van der Waals surface area (Å²) in [5.41, 5.74) is 25.1. The van der Waals surface area contributed by atoms with E-state index in [4.69, 9.17) is 16.6 Å². The molecule has 0 fully saturated rings. The van der Waals surface area contributed by atoms with Crippen LogP contribution in [0, 0.1) is 0 Å². The van der Waals surface area contributed by atoms with E-state index in [0.29, 0.717) is 0 Å². The van der Waals surface area contributed by atoms with Gasteiger partial charge in [0.1, 0.15) is 5.75 Å². The first kappa shape index (κ1) is 12.0. The standard InChI is InChI=1S/C7H5N9O/c8-14-11-7(12-15-9,13-16-10)5-3-1-2-4-6(5)17/h1-4,17H. The molecule has 1 rings (SSSR count). The van der Waals surface area contributed by atoms with Gasteiger partial charge in [0.25, 0.3) is 0 Å². The molecule has 1 aromatic rings. The Hall–Kier alpha value is -3.05. The van der Waals surface area contributed by atoms with Crippen molar-refractivity contribution in [1.82, 2.24) is 0 Å². The molecular weight excluding hydrogens is 226 g/mol. The van der Waals surface area contributed by atoms with E-state index in [1.165, 1.54) is 24.3 Å². The third-order valence-electron chi connectivity index (χ3n) is 1.82. The summed E-state index contributed by atoms with van der Waals surface area (Å²) in [6, 6.07) is 5.59. The highest BCUT2D eigenvalue weighted by molar-refractivity contribution is 5.37. The van der Waals surface area contributed by atoms with E-state index in [0.717, 1.165) is 0 Å². The molecule has 0 amide bonds. The molecule has 0 aliphatic carbocycles. The SMILES string of the molecule is [N-]=[N+]=NC(N=[N+]=[N-])(N=[N+]=[N-])c1ccccc1O. The van der Waals surface area contributed by atoms with Gasteiger partial charge in [-0.05, 0) is 22.7 Å². The average molecular weight is 231 g/mol. The normalized spacial score (nSPS) is 12.2. The number of hydrogen-bond acceptors (Lipinski definition) is 4. The Morgan fingerprint density at radius 1 is 0.941 bits per heavy atom. The number of phenolic OH excluding ortho intramolecular Hbond substituents is 1. The number of para-hydroxylation sites is 1. The van der Waals surface area contributed by atoms with Gasteiger partial charge in [-0.2, -0.15) is 0 Å². The van der Waals surface area contributed by atoms with Crippen molar-refractivity contribution in [3.8, 4) is 5.75 Å². The van der Waals surface area contributed by atoms with Gasteiger partial charge in [-0.25, -0.2) is 0 Å². The highest BCUT2D eigenvalue weighted by Gasteiger charge is 2.31. The molecule has 0 saturated heterocycles. The molecule has 0 heterocycles. The van der Waals surface area contributed by atoms with Crippen molar-refractivity contribution in [2.24, 2.45) is 15.3 Å². The van der Waals surface area contributed by atoms with Crippen LogP contribution in [-0.4, -0.2) is 5.11 Å². The Morgan fingerprint density at radius 2 is 1.41 bits per heavy atom. The minimum Gasteiger partial charge on any atom is -0.508 e. The monoisotopic (exact) mass is 231 g/mol. The quantitative estimate of drug-likeness (QED) is 0.468. The number of azide groups is 1. The highest BCUT2D eigenvalue weighted by atomic mass is 16.3. The number of rotatable bonds is 4. The average Bonchev–Trinajstić information content (AvgIpc) is 2.30. The lowest BCUT2D eigenvalue weighted by Crippen LogP contribution is -2.15. The number of hydrogen-bond donors (Lipinski definition) is 1. The number of nitrogens with zero attached hydrogens (tertiary/aromatic N) is 9. The molecule has 0 aliphatic rings. The fourth-order valence-electron chi connectivity index (χ4n) is 1.17. The van der Waals surface area contributed by atoms with Crippen molar-refractivity contribution < 1.29 is 5.11 Å². The number of aromatic hydroxyl groups is 1. The molecule has 1 N–H and O–H groups in total. The Morgan fingerprint density at radius 3 is 1.82 bits per heavy atom. The summed E-state index contributed by atoms with van der Waals surface area (Å²) in [7, 11) is 0. The van der Waals surface area contributed by atoms with Crippen LogP contribution in [0.5, 0.6) is 5.75 Å². The number of benzene rings is 1. The summed E-state index contributed by atoms with van der Waals surface area (Å²) in [4.78, 5) is 7.34. The third kappa shape index (κ3) is 2.31. The molecule has 0 bridgehead atoms. The predicted molar refractivity (Wildman–Crippen MR) is 57.2 cm³/mol. The van der Waals surface area contributed by atoms with E-state index in [1.54, 1.807) is 0 Å². The molecule has 0 aromatic heterocycles. The second-order valence-electron chi connectivity index (χ2n) is 2.72. The summed E-state index contributed by atoms with van der Waals surface area (Å²) < 4.78 is 0. The first-order chi connectivity index (χ1) is 8.20. The lowest BCUT2D eigenvalue weighted by molar-refractivity contribution is 0.418. The van der Waals surface area contributed by atoms with Gasteiger partial charge >= 0.3 is 0 Å². The first-order valence-corrected chi connectivity index (χ1v) is 4.17. The van der Waals surface area contributed by atoms with E-state index in [1.807, 2.05) is 0 Å². The molecule has 17 heavy (non-hydrogen) atoms. The van der Waals surface area contributed by atoms with Crippen LogP contribution < -0.4 is 0 Å². The van der Waals surface area contributed by atoms with Crippen molar-refractivity contribution in [3.63, 3.8) is 0 Å². The predicted octanol–water partition coefficient (Wildman–Crippen LogP) is 3.43. The van der Waals surface area contributed by atoms with Crippen LogP contribution >= 0.6 is 0 Å². The topological polar surface area (TPSA) is 167 Å². The molecule has 0 spiro atoms. The molecule has 84 valence electrons. The number of phenols is 1. The zero-order valence-electron chi connectivity index (χ0n) is 8.28. The van der Waals surface area contributed by atoms with Crippen LogP contribution in [0.1, 0.15) is 5.56 Å². The summed E-state index contributed by atoms with van der Waals surface area (Å²) in [5, 5.41) is 19.0. The maximum atomic E-state index is 9.58. The van der Waals surface area contributed by atoms with Gasteiger partial charge in [0.05, 0.1) is 0 Å². The molecule has 0 atom stereocenters. The van der Waals surface area contributed by atoms with Gasteiger partial charge in [0, 0.05) is 20.3 Å². The smallest absolute Gasteiger partial charge is 0.233 e. The summed E-state index contributed by atoms with van der Waals surface area (Å²) in [5.74, 6) is -2.51. The summed E-state index contributed by atoms with van der Waals surface area (Å²) in [6.45, 7) is 0. The van der Waals surface area contributed by atoms with Crippen LogP contribution in [0.2, 0.25) is 0 Å². The molecule has 0 aliphatic heterocycles. The van der Waals surface area contributed by atoms with Crippen LogP contribution in [0.3, 0.4) is 0 Å². The van der Waals surface area contributed by atoms with Gasteiger partial charge in [0.15, 0.2) is 0 Å².